The standard InChI is InChI=1S/C17H16N4OS/c1-20-11-13(9-18-20)16-17-15(7-8-23-17)21(19-16)10-12-3-5-14(22-2)6-4-12/h3-9,11H,10H2,1-2H3. The monoisotopic (exact) mass is 324 g/mol. The van der Waals surface area contributed by atoms with Crippen molar-refractivity contribution < 1.29 is 4.74 Å². The molecular formula is C17H16N4OS. The van der Waals surface area contributed by atoms with Gasteiger partial charge in [-0.2, -0.15) is 10.2 Å². The van der Waals surface area contributed by atoms with Crippen molar-refractivity contribution in [3.63, 3.8) is 0 Å². The number of benzene rings is 1. The SMILES string of the molecule is COc1ccc(Cn2nc(-c3cnn(C)c3)c3sccc32)cc1. The van der Waals surface area contributed by atoms with E-state index in [9.17, 15) is 0 Å². The maximum absolute atomic E-state index is 5.21. The van der Waals surface area contributed by atoms with Crippen molar-refractivity contribution in [3.05, 3.63) is 53.7 Å². The summed E-state index contributed by atoms with van der Waals surface area (Å²) in [5, 5.41) is 11.2. The van der Waals surface area contributed by atoms with Gasteiger partial charge in [-0.25, -0.2) is 0 Å². The van der Waals surface area contributed by atoms with E-state index < -0.39 is 0 Å². The van der Waals surface area contributed by atoms with Crippen LogP contribution < -0.4 is 4.74 Å². The van der Waals surface area contributed by atoms with E-state index in [1.54, 1.807) is 23.1 Å². The molecule has 0 aliphatic heterocycles. The minimum Gasteiger partial charge on any atom is -0.497 e. The molecule has 0 bridgehead atoms. The molecule has 4 rings (SSSR count). The number of methoxy groups -OCH3 is 1. The molecule has 0 spiro atoms. The predicted molar refractivity (Wildman–Crippen MR) is 91.9 cm³/mol. The number of rotatable bonds is 4. The lowest BCUT2D eigenvalue weighted by molar-refractivity contribution is 0.414. The Hall–Kier alpha value is -2.60. The highest BCUT2D eigenvalue weighted by Gasteiger charge is 2.15. The Morgan fingerprint density at radius 2 is 2.00 bits per heavy atom. The third kappa shape index (κ3) is 2.51. The molecule has 0 aliphatic carbocycles. The van der Waals surface area contributed by atoms with Gasteiger partial charge in [-0.1, -0.05) is 12.1 Å². The number of hydrogen-bond donors (Lipinski definition) is 0. The summed E-state index contributed by atoms with van der Waals surface area (Å²) in [4.78, 5) is 0. The molecule has 0 unspecified atom stereocenters. The Bertz CT molecular complexity index is 949. The van der Waals surface area contributed by atoms with E-state index in [0.29, 0.717) is 0 Å². The summed E-state index contributed by atoms with van der Waals surface area (Å²) in [5.41, 5.74) is 4.40. The Morgan fingerprint density at radius 3 is 2.70 bits per heavy atom. The number of aromatic nitrogens is 4. The van der Waals surface area contributed by atoms with Gasteiger partial charge in [0.05, 0.1) is 30.1 Å². The zero-order valence-corrected chi connectivity index (χ0v) is 13.7. The van der Waals surface area contributed by atoms with Crippen molar-refractivity contribution in [1.29, 1.82) is 0 Å². The second-order valence-corrected chi connectivity index (χ2v) is 6.31. The third-order valence-corrected chi connectivity index (χ3v) is 4.74. The molecule has 116 valence electrons. The van der Waals surface area contributed by atoms with Crippen molar-refractivity contribution in [2.45, 2.75) is 6.54 Å². The Kier molecular flexibility index (Phi) is 3.38. The molecule has 4 aromatic rings. The average Bonchev–Trinajstić information content (AvgIpc) is 3.26. The number of hydrogen-bond acceptors (Lipinski definition) is 4. The Labute approximate surface area is 137 Å². The van der Waals surface area contributed by atoms with Crippen molar-refractivity contribution in [1.82, 2.24) is 19.6 Å². The molecule has 0 N–H and O–H groups in total. The molecule has 0 fully saturated rings. The van der Waals surface area contributed by atoms with Gasteiger partial charge in [0.2, 0.25) is 0 Å². The van der Waals surface area contributed by atoms with E-state index >= 15 is 0 Å². The molecule has 6 heteroatoms. The van der Waals surface area contributed by atoms with Crippen molar-refractivity contribution >= 4 is 21.6 Å². The number of aryl methyl sites for hydroxylation is 1. The van der Waals surface area contributed by atoms with Gasteiger partial charge in [0, 0.05) is 18.8 Å². The normalized spacial score (nSPS) is 11.2. The van der Waals surface area contributed by atoms with Crippen LogP contribution in [0.5, 0.6) is 5.75 Å². The van der Waals surface area contributed by atoms with Crippen LogP contribution in [0.1, 0.15) is 5.56 Å². The van der Waals surface area contributed by atoms with Gasteiger partial charge in [0.1, 0.15) is 11.4 Å². The van der Waals surface area contributed by atoms with E-state index in [1.807, 2.05) is 31.6 Å². The summed E-state index contributed by atoms with van der Waals surface area (Å²) in [6.07, 6.45) is 3.86. The molecule has 0 aliphatic rings. The second kappa shape index (κ2) is 5.55. The fourth-order valence-electron chi connectivity index (χ4n) is 2.66. The van der Waals surface area contributed by atoms with Crippen LogP contribution in [0.4, 0.5) is 0 Å². The van der Waals surface area contributed by atoms with Crippen molar-refractivity contribution in [2.75, 3.05) is 7.11 Å². The van der Waals surface area contributed by atoms with E-state index in [4.69, 9.17) is 9.84 Å². The van der Waals surface area contributed by atoms with E-state index in [2.05, 4.69) is 33.4 Å². The number of nitrogens with zero attached hydrogens (tertiary/aromatic N) is 4. The van der Waals surface area contributed by atoms with Gasteiger partial charge in [-0.15, -0.1) is 11.3 Å². The molecule has 5 nitrogen and oxygen atoms in total. The van der Waals surface area contributed by atoms with Gasteiger partial charge in [-0.05, 0) is 29.1 Å². The van der Waals surface area contributed by atoms with Crippen LogP contribution in [0.3, 0.4) is 0 Å². The molecule has 0 radical (unpaired) electrons. The molecule has 1 aromatic carbocycles. The first-order valence-corrected chi connectivity index (χ1v) is 8.18. The highest BCUT2D eigenvalue weighted by Crippen LogP contribution is 2.32. The molecule has 3 aromatic heterocycles. The minimum atomic E-state index is 0.734. The van der Waals surface area contributed by atoms with Crippen LogP contribution in [0.2, 0.25) is 0 Å². The fourth-order valence-corrected chi connectivity index (χ4v) is 3.56. The summed E-state index contributed by atoms with van der Waals surface area (Å²) in [6.45, 7) is 0.734. The fraction of sp³-hybridized carbons (Fsp3) is 0.176. The summed E-state index contributed by atoms with van der Waals surface area (Å²) >= 11 is 1.72. The lowest BCUT2D eigenvalue weighted by Gasteiger charge is -2.04. The van der Waals surface area contributed by atoms with Gasteiger partial charge in [0.15, 0.2) is 0 Å². The van der Waals surface area contributed by atoms with Crippen LogP contribution >= 0.6 is 11.3 Å². The van der Waals surface area contributed by atoms with Gasteiger partial charge >= 0.3 is 0 Å². The number of thiophene rings is 1. The van der Waals surface area contributed by atoms with Crippen molar-refractivity contribution in [3.8, 4) is 17.0 Å². The lowest BCUT2D eigenvalue weighted by atomic mass is 10.2. The maximum atomic E-state index is 5.21. The van der Waals surface area contributed by atoms with Gasteiger partial charge in [-0.3, -0.25) is 9.36 Å². The van der Waals surface area contributed by atoms with Crippen LogP contribution in [0.25, 0.3) is 21.5 Å². The molecule has 3 heterocycles. The largest absolute Gasteiger partial charge is 0.497 e. The highest BCUT2D eigenvalue weighted by molar-refractivity contribution is 7.17. The first kappa shape index (κ1) is 14.0. The molecule has 0 saturated heterocycles. The van der Waals surface area contributed by atoms with E-state index in [1.165, 1.54) is 10.3 Å². The Morgan fingerprint density at radius 1 is 1.17 bits per heavy atom. The van der Waals surface area contributed by atoms with E-state index in [-0.39, 0.29) is 0 Å². The van der Waals surface area contributed by atoms with Crippen molar-refractivity contribution in [2.24, 2.45) is 7.05 Å². The van der Waals surface area contributed by atoms with Crippen LogP contribution in [-0.2, 0) is 13.6 Å². The number of fused-ring (bicyclic) bond motifs is 1. The van der Waals surface area contributed by atoms with Gasteiger partial charge < -0.3 is 4.74 Å². The zero-order valence-electron chi connectivity index (χ0n) is 12.9. The van der Waals surface area contributed by atoms with Gasteiger partial charge in [0.25, 0.3) is 0 Å². The average molecular weight is 324 g/mol. The topological polar surface area (TPSA) is 44.9 Å². The summed E-state index contributed by atoms with van der Waals surface area (Å²) in [6, 6.07) is 10.2. The quantitative estimate of drug-likeness (QED) is 0.576. The molecule has 0 amide bonds. The van der Waals surface area contributed by atoms with E-state index in [0.717, 1.165) is 29.1 Å². The maximum Gasteiger partial charge on any atom is 0.118 e. The predicted octanol–water partition coefficient (Wildman–Crippen LogP) is 3.56. The number of ether oxygens (including phenoxy) is 1. The molecule has 0 atom stereocenters. The Balaban J connectivity index is 1.73. The van der Waals surface area contributed by atoms with Crippen LogP contribution in [0.15, 0.2) is 48.1 Å². The summed E-state index contributed by atoms with van der Waals surface area (Å²) in [7, 11) is 3.60. The highest BCUT2D eigenvalue weighted by atomic mass is 32.1. The summed E-state index contributed by atoms with van der Waals surface area (Å²) in [5.74, 6) is 0.867. The first-order valence-electron chi connectivity index (χ1n) is 7.30. The smallest absolute Gasteiger partial charge is 0.118 e. The minimum absolute atomic E-state index is 0.734. The first-order chi connectivity index (χ1) is 11.2. The van der Waals surface area contributed by atoms with Crippen LogP contribution in [0, 0.1) is 0 Å². The second-order valence-electron chi connectivity index (χ2n) is 5.39. The summed E-state index contributed by atoms with van der Waals surface area (Å²) < 4.78 is 10.3. The molecule has 23 heavy (non-hydrogen) atoms. The lowest BCUT2D eigenvalue weighted by Crippen LogP contribution is -2.01. The molecule has 0 saturated carbocycles. The zero-order chi connectivity index (χ0) is 15.8. The third-order valence-electron chi connectivity index (χ3n) is 3.83. The van der Waals surface area contributed by atoms with Crippen LogP contribution in [-0.4, -0.2) is 26.7 Å². The molecular weight excluding hydrogens is 308 g/mol.